The van der Waals surface area contributed by atoms with Gasteiger partial charge in [-0.3, -0.25) is 0 Å². The first-order valence-electron chi connectivity index (χ1n) is 15.4. The Hall–Kier alpha value is 1.25. The van der Waals surface area contributed by atoms with Crippen molar-refractivity contribution < 1.29 is 4.74 Å². The Morgan fingerprint density at radius 1 is 0.514 bits per heavy atom. The largest absolute Gasteiger partial charge is 0.381 e. The number of fused-ring (bicyclic) bond motifs is 1. The smallest absolute Gasteiger partial charge is 0.0789 e. The molecular formula is C32H68OP2Si2. The predicted molar refractivity (Wildman–Crippen MR) is 181 cm³/mol. The molecule has 0 N–H and O–H groups in total. The van der Waals surface area contributed by atoms with E-state index < -0.39 is 16.1 Å². The third-order valence-corrected chi connectivity index (χ3v) is 21.9. The molecule has 0 aromatic rings. The summed E-state index contributed by atoms with van der Waals surface area (Å²) in [5, 5.41) is 1.61. The fraction of sp³-hybridized carbons (Fsp3) is 1.00. The van der Waals surface area contributed by atoms with Crippen molar-refractivity contribution in [3.63, 3.8) is 0 Å². The highest BCUT2D eigenvalue weighted by Gasteiger charge is 2.57. The second kappa shape index (κ2) is 11.2. The van der Waals surface area contributed by atoms with E-state index in [-0.39, 0.29) is 15.8 Å². The van der Waals surface area contributed by atoms with E-state index in [2.05, 4.69) is 122 Å². The van der Waals surface area contributed by atoms with Crippen LogP contribution in [0.25, 0.3) is 0 Å². The zero-order valence-electron chi connectivity index (χ0n) is 28.6. The van der Waals surface area contributed by atoms with E-state index in [4.69, 9.17) is 4.74 Å². The van der Waals surface area contributed by atoms with Gasteiger partial charge in [0.2, 0.25) is 0 Å². The standard InChI is InChI=1S/C32H68OP2Si2/c1-29(2,3)34(30(4,5)6)21-23-19-25-26(28(37(16,17)18)33-27(25)36(13,14)15)20-24(23)22-35(31(7,8)9)32(10,11)12/h23-28H,19-22H2,1-18H3. The van der Waals surface area contributed by atoms with Crippen LogP contribution in [0, 0.1) is 23.7 Å². The normalized spacial score (nSPS) is 30.8. The van der Waals surface area contributed by atoms with Crippen LogP contribution in [0.4, 0.5) is 0 Å². The van der Waals surface area contributed by atoms with Crippen LogP contribution in [0.15, 0.2) is 0 Å². The number of hydrogen-bond donors (Lipinski definition) is 0. The van der Waals surface area contributed by atoms with Crippen LogP contribution in [-0.4, -0.2) is 60.6 Å². The van der Waals surface area contributed by atoms with E-state index in [0.29, 0.717) is 32.1 Å². The predicted octanol–water partition coefficient (Wildman–Crippen LogP) is 10.9. The molecule has 1 aliphatic heterocycles. The topological polar surface area (TPSA) is 9.23 Å². The summed E-state index contributed by atoms with van der Waals surface area (Å²) < 4.78 is 7.25. The molecule has 0 aromatic heterocycles. The molecule has 0 radical (unpaired) electrons. The molecule has 1 aliphatic carbocycles. The molecule has 2 aliphatic rings. The maximum absolute atomic E-state index is 7.25. The second-order valence-corrected chi connectivity index (χ2v) is 37.3. The highest BCUT2D eigenvalue weighted by Crippen LogP contribution is 2.66. The zero-order valence-corrected chi connectivity index (χ0v) is 32.4. The van der Waals surface area contributed by atoms with Crippen molar-refractivity contribution in [1.29, 1.82) is 0 Å². The first kappa shape index (κ1) is 34.5. The highest BCUT2D eigenvalue weighted by atomic mass is 31.1. The van der Waals surface area contributed by atoms with E-state index >= 15 is 0 Å². The van der Waals surface area contributed by atoms with Crippen molar-refractivity contribution in [3.05, 3.63) is 0 Å². The fourth-order valence-corrected chi connectivity index (χ4v) is 20.8. The van der Waals surface area contributed by atoms with Crippen LogP contribution in [-0.2, 0) is 4.74 Å². The van der Waals surface area contributed by atoms with Gasteiger partial charge in [-0.1, -0.05) is 138 Å². The number of ether oxygens (including phenoxy) is 1. The highest BCUT2D eigenvalue weighted by molar-refractivity contribution is 7.61. The van der Waals surface area contributed by atoms with Crippen LogP contribution in [0.5, 0.6) is 0 Å². The first-order chi connectivity index (χ1) is 16.1. The van der Waals surface area contributed by atoms with Gasteiger partial charge in [0, 0.05) is 0 Å². The maximum atomic E-state index is 7.25. The Balaban J connectivity index is 2.57. The van der Waals surface area contributed by atoms with Crippen LogP contribution >= 0.6 is 15.8 Å². The molecule has 1 heterocycles. The minimum absolute atomic E-state index is 0.0809. The van der Waals surface area contributed by atoms with Gasteiger partial charge in [-0.05, 0) is 69.5 Å². The molecule has 5 heteroatoms. The lowest BCUT2D eigenvalue weighted by molar-refractivity contribution is 0.109. The lowest BCUT2D eigenvalue weighted by Crippen LogP contribution is -2.48. The summed E-state index contributed by atoms with van der Waals surface area (Å²) in [6.07, 6.45) is 5.80. The van der Waals surface area contributed by atoms with Crippen LogP contribution in [0.2, 0.25) is 39.3 Å². The molecule has 6 unspecified atom stereocenters. The summed E-state index contributed by atoms with van der Waals surface area (Å²) in [7, 11) is -2.96. The van der Waals surface area contributed by atoms with Gasteiger partial charge >= 0.3 is 0 Å². The Kier molecular flexibility index (Phi) is 10.4. The Morgan fingerprint density at radius 2 is 0.757 bits per heavy atom. The SMILES string of the molecule is CC(C)(C)P(CC1CC2C(CC1CP(C(C)(C)C)C(C)(C)C)C([Si](C)(C)C)OC2[Si](C)(C)C)C(C)(C)C. The van der Waals surface area contributed by atoms with Crippen molar-refractivity contribution in [2.24, 2.45) is 23.7 Å². The lowest BCUT2D eigenvalue weighted by atomic mass is 9.70. The molecule has 1 saturated carbocycles. The third kappa shape index (κ3) is 8.63. The summed E-state index contributed by atoms with van der Waals surface area (Å²) in [6.45, 7) is 45.9. The monoisotopic (exact) mass is 586 g/mol. The van der Waals surface area contributed by atoms with Gasteiger partial charge in [0.15, 0.2) is 0 Å². The summed E-state index contributed by atoms with van der Waals surface area (Å²) in [6, 6.07) is 0. The number of rotatable bonds is 6. The van der Waals surface area contributed by atoms with E-state index in [9.17, 15) is 0 Å². The quantitative estimate of drug-likeness (QED) is 0.222. The minimum atomic E-state index is -1.40. The minimum Gasteiger partial charge on any atom is -0.381 e. The summed E-state index contributed by atoms with van der Waals surface area (Å²) in [5.41, 5.74) is 1.11. The Labute approximate surface area is 239 Å². The summed E-state index contributed by atoms with van der Waals surface area (Å²) in [5.74, 6) is 3.33. The van der Waals surface area contributed by atoms with Gasteiger partial charge in [0.1, 0.15) is 0 Å². The average molecular weight is 587 g/mol. The third-order valence-electron chi connectivity index (χ3n) is 9.22. The average Bonchev–Trinajstić information content (AvgIpc) is 2.98. The van der Waals surface area contributed by atoms with E-state index in [1.165, 1.54) is 25.2 Å². The first-order valence-corrected chi connectivity index (χ1v) is 25.6. The van der Waals surface area contributed by atoms with Gasteiger partial charge in [-0.15, -0.1) is 0 Å². The van der Waals surface area contributed by atoms with Crippen LogP contribution < -0.4 is 0 Å². The van der Waals surface area contributed by atoms with Gasteiger partial charge in [-0.2, -0.15) is 0 Å². The maximum Gasteiger partial charge on any atom is 0.0789 e. The zero-order chi connectivity index (χ0) is 29.2. The van der Waals surface area contributed by atoms with Gasteiger partial charge in [0.25, 0.3) is 0 Å². The molecule has 2 fully saturated rings. The molecule has 2 rings (SSSR count). The fourth-order valence-electron chi connectivity index (χ4n) is 8.21. The molecule has 1 saturated heterocycles. The molecule has 37 heavy (non-hydrogen) atoms. The van der Waals surface area contributed by atoms with Crippen LogP contribution in [0.3, 0.4) is 0 Å². The van der Waals surface area contributed by atoms with Crippen LogP contribution in [0.1, 0.15) is 95.9 Å². The van der Waals surface area contributed by atoms with Gasteiger partial charge in [-0.25, -0.2) is 0 Å². The van der Waals surface area contributed by atoms with Gasteiger partial charge in [0.05, 0.1) is 27.6 Å². The van der Waals surface area contributed by atoms with Crippen molar-refractivity contribution in [2.45, 2.75) is 167 Å². The molecule has 1 nitrogen and oxygen atoms in total. The number of hydrogen-bond acceptors (Lipinski definition) is 1. The van der Waals surface area contributed by atoms with Crippen molar-refractivity contribution >= 4 is 32.0 Å². The van der Waals surface area contributed by atoms with Gasteiger partial charge < -0.3 is 4.74 Å². The molecule has 0 spiro atoms. The summed E-state index contributed by atoms with van der Waals surface area (Å²) >= 11 is 0. The Bertz CT molecular complexity index is 663. The molecule has 0 aromatic carbocycles. The van der Waals surface area contributed by atoms with E-state index in [1.807, 2.05) is 0 Å². The van der Waals surface area contributed by atoms with E-state index in [0.717, 1.165) is 23.7 Å². The van der Waals surface area contributed by atoms with E-state index in [1.54, 1.807) is 0 Å². The lowest BCUT2D eigenvalue weighted by Gasteiger charge is -2.51. The second-order valence-electron chi connectivity index (χ2n) is 18.9. The van der Waals surface area contributed by atoms with Crippen molar-refractivity contribution in [3.8, 4) is 0 Å². The molecule has 6 atom stereocenters. The summed E-state index contributed by atoms with van der Waals surface area (Å²) in [4.78, 5) is 0. The van der Waals surface area contributed by atoms with Crippen molar-refractivity contribution in [2.75, 3.05) is 12.3 Å². The Morgan fingerprint density at radius 3 is 0.946 bits per heavy atom. The molecular weight excluding hydrogens is 518 g/mol. The molecule has 0 bridgehead atoms. The van der Waals surface area contributed by atoms with Crippen molar-refractivity contribution in [1.82, 2.24) is 0 Å². The molecule has 0 amide bonds. The molecule has 220 valence electrons.